The summed E-state index contributed by atoms with van der Waals surface area (Å²) in [5, 5.41) is 11.7. The molecule has 2 heterocycles. The number of halogens is 2. The Labute approximate surface area is 166 Å². The van der Waals surface area contributed by atoms with E-state index in [-0.39, 0.29) is 5.76 Å². The van der Waals surface area contributed by atoms with E-state index in [0.29, 0.717) is 23.1 Å². The number of nitrogens with zero attached hydrogens (tertiary/aromatic N) is 3. The number of furan rings is 1. The number of likely N-dealkylation sites (tertiary alicyclic amines) is 1. The standard InChI is InChI=1S/C18H19Cl2N3O4/c19-14-4-3-13(11-15(14)20)12-22(10-9-21-7-1-2-8-21)18(24)16-5-6-17(27-16)23(25)26/h3-6,11H,1-2,7-10,12H2. The second-order valence-electron chi connectivity index (χ2n) is 6.42. The fourth-order valence-electron chi connectivity index (χ4n) is 3.08. The van der Waals surface area contributed by atoms with Crippen molar-refractivity contribution in [1.82, 2.24) is 9.80 Å². The summed E-state index contributed by atoms with van der Waals surface area (Å²) in [6, 6.07) is 7.71. The van der Waals surface area contributed by atoms with Gasteiger partial charge in [-0.1, -0.05) is 29.3 Å². The maximum Gasteiger partial charge on any atom is 0.433 e. The lowest BCUT2D eigenvalue weighted by Crippen LogP contribution is -2.37. The van der Waals surface area contributed by atoms with Gasteiger partial charge in [0.05, 0.1) is 16.1 Å². The van der Waals surface area contributed by atoms with Gasteiger partial charge in [0.15, 0.2) is 5.76 Å². The summed E-state index contributed by atoms with van der Waals surface area (Å²) in [4.78, 5) is 26.9. The van der Waals surface area contributed by atoms with Crippen LogP contribution in [-0.2, 0) is 6.54 Å². The fraction of sp³-hybridized carbons (Fsp3) is 0.389. The second-order valence-corrected chi connectivity index (χ2v) is 7.23. The molecule has 1 saturated heterocycles. The Morgan fingerprint density at radius 3 is 2.56 bits per heavy atom. The molecule has 9 heteroatoms. The molecule has 1 amide bonds. The lowest BCUT2D eigenvalue weighted by atomic mass is 10.2. The molecule has 0 aliphatic carbocycles. The Balaban J connectivity index is 1.77. The normalized spacial score (nSPS) is 14.4. The number of carbonyl (C=O) groups excluding carboxylic acids is 1. The molecule has 0 radical (unpaired) electrons. The van der Waals surface area contributed by atoms with Gasteiger partial charge in [-0.2, -0.15) is 0 Å². The third kappa shape index (κ3) is 5.00. The van der Waals surface area contributed by atoms with Crippen LogP contribution in [0.3, 0.4) is 0 Å². The highest BCUT2D eigenvalue weighted by Gasteiger charge is 2.24. The van der Waals surface area contributed by atoms with E-state index in [4.69, 9.17) is 27.6 Å². The minimum atomic E-state index is -0.662. The molecule has 0 N–H and O–H groups in total. The zero-order valence-electron chi connectivity index (χ0n) is 14.6. The van der Waals surface area contributed by atoms with Crippen molar-refractivity contribution in [1.29, 1.82) is 0 Å². The van der Waals surface area contributed by atoms with Crippen molar-refractivity contribution in [2.24, 2.45) is 0 Å². The Morgan fingerprint density at radius 2 is 1.93 bits per heavy atom. The van der Waals surface area contributed by atoms with Crippen molar-refractivity contribution in [3.63, 3.8) is 0 Å². The Hall–Kier alpha value is -2.09. The largest absolute Gasteiger partial charge is 0.433 e. The van der Waals surface area contributed by atoms with Gasteiger partial charge in [0.1, 0.15) is 4.92 Å². The van der Waals surface area contributed by atoms with Crippen molar-refractivity contribution >= 4 is 35.0 Å². The van der Waals surface area contributed by atoms with Gasteiger partial charge in [-0.05, 0) is 49.7 Å². The zero-order chi connectivity index (χ0) is 19.4. The van der Waals surface area contributed by atoms with Crippen LogP contribution >= 0.6 is 23.2 Å². The summed E-state index contributed by atoms with van der Waals surface area (Å²) in [6.45, 7) is 3.55. The molecule has 0 saturated carbocycles. The van der Waals surface area contributed by atoms with E-state index in [2.05, 4.69) is 4.90 Å². The number of nitro groups is 1. The summed E-state index contributed by atoms with van der Waals surface area (Å²) in [5.74, 6) is -0.899. The van der Waals surface area contributed by atoms with Gasteiger partial charge in [-0.25, -0.2) is 0 Å². The van der Waals surface area contributed by atoms with Crippen LogP contribution in [-0.4, -0.2) is 46.8 Å². The summed E-state index contributed by atoms with van der Waals surface area (Å²) >= 11 is 12.0. The van der Waals surface area contributed by atoms with Crippen molar-refractivity contribution in [2.75, 3.05) is 26.2 Å². The molecule has 144 valence electrons. The molecule has 1 aromatic heterocycles. The third-order valence-electron chi connectivity index (χ3n) is 4.51. The quantitative estimate of drug-likeness (QED) is 0.502. The monoisotopic (exact) mass is 411 g/mol. The number of amides is 1. The number of rotatable bonds is 7. The molecule has 1 aliphatic heterocycles. The first-order valence-corrected chi connectivity index (χ1v) is 9.39. The molecule has 3 rings (SSSR count). The van der Waals surface area contributed by atoms with E-state index < -0.39 is 16.7 Å². The number of hydrogen-bond donors (Lipinski definition) is 0. The SMILES string of the molecule is O=C(c1ccc([N+](=O)[O-])o1)N(CCN1CCCC1)Cc1ccc(Cl)c(Cl)c1. The van der Waals surface area contributed by atoms with Crippen LogP contribution in [0.5, 0.6) is 0 Å². The summed E-state index contributed by atoms with van der Waals surface area (Å²) in [7, 11) is 0. The number of benzene rings is 1. The summed E-state index contributed by atoms with van der Waals surface area (Å²) in [5.41, 5.74) is 0.820. The van der Waals surface area contributed by atoms with Crippen LogP contribution in [0, 0.1) is 10.1 Å². The minimum Gasteiger partial charge on any atom is -0.395 e. The molecule has 0 bridgehead atoms. The van der Waals surface area contributed by atoms with Crippen molar-refractivity contribution in [3.05, 3.63) is 61.8 Å². The van der Waals surface area contributed by atoms with Gasteiger partial charge in [-0.15, -0.1) is 0 Å². The van der Waals surface area contributed by atoms with Crippen LogP contribution in [0.1, 0.15) is 29.0 Å². The van der Waals surface area contributed by atoms with E-state index in [1.807, 2.05) is 0 Å². The second kappa shape index (κ2) is 8.73. The van der Waals surface area contributed by atoms with E-state index in [0.717, 1.165) is 38.0 Å². The molecule has 1 aliphatic rings. The predicted octanol–water partition coefficient (Wildman–Crippen LogP) is 4.23. The summed E-state index contributed by atoms with van der Waals surface area (Å²) in [6.07, 6.45) is 2.32. The fourth-order valence-corrected chi connectivity index (χ4v) is 3.40. The molecule has 0 atom stereocenters. The van der Waals surface area contributed by atoms with Gasteiger partial charge in [0.25, 0.3) is 5.91 Å². The first-order valence-electron chi connectivity index (χ1n) is 8.64. The predicted molar refractivity (Wildman–Crippen MR) is 102 cm³/mol. The minimum absolute atomic E-state index is 0.0526. The topological polar surface area (TPSA) is 79.8 Å². The maximum absolute atomic E-state index is 12.9. The molecule has 0 spiro atoms. The molecular weight excluding hydrogens is 393 g/mol. The molecular formula is C18H19Cl2N3O4. The van der Waals surface area contributed by atoms with Crippen molar-refractivity contribution in [2.45, 2.75) is 19.4 Å². The van der Waals surface area contributed by atoms with E-state index >= 15 is 0 Å². The van der Waals surface area contributed by atoms with Crippen LogP contribution in [0.4, 0.5) is 5.88 Å². The first kappa shape index (κ1) is 19.7. The van der Waals surface area contributed by atoms with Gasteiger partial charge in [0.2, 0.25) is 0 Å². The van der Waals surface area contributed by atoms with Gasteiger partial charge in [-0.3, -0.25) is 14.9 Å². The Morgan fingerprint density at radius 1 is 1.19 bits per heavy atom. The third-order valence-corrected chi connectivity index (χ3v) is 5.25. The Bertz CT molecular complexity index is 834. The van der Waals surface area contributed by atoms with Gasteiger partial charge < -0.3 is 14.2 Å². The molecule has 1 fully saturated rings. The van der Waals surface area contributed by atoms with Gasteiger partial charge >= 0.3 is 5.88 Å². The lowest BCUT2D eigenvalue weighted by molar-refractivity contribution is -0.402. The number of hydrogen-bond acceptors (Lipinski definition) is 5. The zero-order valence-corrected chi connectivity index (χ0v) is 16.1. The average Bonchev–Trinajstić information content (AvgIpc) is 3.32. The van der Waals surface area contributed by atoms with Gasteiger partial charge in [0, 0.05) is 19.6 Å². The molecule has 27 heavy (non-hydrogen) atoms. The molecule has 2 aromatic rings. The van der Waals surface area contributed by atoms with E-state index in [1.54, 1.807) is 23.1 Å². The highest BCUT2D eigenvalue weighted by atomic mass is 35.5. The Kier molecular flexibility index (Phi) is 6.36. The maximum atomic E-state index is 12.9. The van der Waals surface area contributed by atoms with Crippen LogP contribution in [0.2, 0.25) is 10.0 Å². The highest BCUT2D eigenvalue weighted by Crippen LogP contribution is 2.24. The van der Waals surface area contributed by atoms with Crippen LogP contribution < -0.4 is 0 Å². The van der Waals surface area contributed by atoms with Crippen molar-refractivity contribution < 1.29 is 14.1 Å². The molecule has 0 unspecified atom stereocenters. The smallest absolute Gasteiger partial charge is 0.395 e. The van der Waals surface area contributed by atoms with E-state index in [9.17, 15) is 14.9 Å². The number of carbonyl (C=O) groups is 1. The van der Waals surface area contributed by atoms with Crippen LogP contribution in [0.25, 0.3) is 0 Å². The molecule has 1 aromatic carbocycles. The molecule has 7 nitrogen and oxygen atoms in total. The lowest BCUT2D eigenvalue weighted by Gasteiger charge is -2.25. The van der Waals surface area contributed by atoms with Crippen LogP contribution in [0.15, 0.2) is 34.7 Å². The first-order chi connectivity index (χ1) is 12.9. The van der Waals surface area contributed by atoms with Crippen molar-refractivity contribution in [3.8, 4) is 0 Å². The summed E-state index contributed by atoms with van der Waals surface area (Å²) < 4.78 is 5.09. The van der Waals surface area contributed by atoms with E-state index in [1.165, 1.54) is 12.1 Å². The average molecular weight is 412 g/mol. The highest BCUT2D eigenvalue weighted by molar-refractivity contribution is 6.42.